The Morgan fingerprint density at radius 2 is 1.87 bits per heavy atom. The molecule has 3 rings (SSSR count). The molecule has 1 aliphatic heterocycles. The first-order chi connectivity index (χ1) is 11.2. The van der Waals surface area contributed by atoms with Gasteiger partial charge in [0.25, 0.3) is 5.91 Å². The quantitative estimate of drug-likeness (QED) is 0.864. The fourth-order valence-corrected chi connectivity index (χ4v) is 3.16. The zero-order valence-corrected chi connectivity index (χ0v) is 13.5. The molecule has 0 bridgehead atoms. The van der Waals surface area contributed by atoms with E-state index in [1.807, 2.05) is 23.1 Å². The van der Waals surface area contributed by atoms with Gasteiger partial charge in [-0.2, -0.15) is 0 Å². The first kappa shape index (κ1) is 15.4. The largest absolute Gasteiger partial charge is 0.497 e. The molecule has 23 heavy (non-hydrogen) atoms. The van der Waals surface area contributed by atoms with E-state index in [9.17, 15) is 4.79 Å². The van der Waals surface area contributed by atoms with E-state index >= 15 is 0 Å². The lowest BCUT2D eigenvalue weighted by Crippen LogP contribution is -2.30. The number of rotatable bonds is 4. The van der Waals surface area contributed by atoms with Crippen LogP contribution in [0.25, 0.3) is 0 Å². The van der Waals surface area contributed by atoms with Crippen LogP contribution < -0.4 is 9.47 Å². The third kappa shape index (κ3) is 3.02. The number of carbonyl (C=O) groups excluding carboxylic acids is 1. The highest BCUT2D eigenvalue weighted by molar-refractivity contribution is 5.97. The van der Waals surface area contributed by atoms with Crippen molar-refractivity contribution in [1.29, 1.82) is 0 Å². The first-order valence-electron chi connectivity index (χ1n) is 7.82. The van der Waals surface area contributed by atoms with Crippen molar-refractivity contribution < 1.29 is 14.3 Å². The summed E-state index contributed by atoms with van der Waals surface area (Å²) >= 11 is 0. The standard InChI is InChI=1S/C19H21NO3/c1-22-15-10-11-16(18(13-15)23-2)19(21)20-12-6-9-17(20)14-7-4-3-5-8-14/h3-5,7-8,10-11,13,17H,6,9,12H2,1-2H3. The topological polar surface area (TPSA) is 38.8 Å². The number of hydrogen-bond donors (Lipinski definition) is 0. The fraction of sp³-hybridized carbons (Fsp3) is 0.316. The minimum Gasteiger partial charge on any atom is -0.497 e. The van der Waals surface area contributed by atoms with Crippen molar-refractivity contribution in [3.05, 3.63) is 59.7 Å². The van der Waals surface area contributed by atoms with E-state index in [-0.39, 0.29) is 11.9 Å². The molecule has 1 aliphatic rings. The molecule has 4 nitrogen and oxygen atoms in total. The Bertz CT molecular complexity index is 684. The summed E-state index contributed by atoms with van der Waals surface area (Å²) in [6, 6.07) is 15.7. The van der Waals surface area contributed by atoms with E-state index < -0.39 is 0 Å². The molecule has 0 spiro atoms. The lowest BCUT2D eigenvalue weighted by atomic mass is 10.0. The predicted octanol–water partition coefficient (Wildman–Crippen LogP) is 3.68. The number of benzene rings is 2. The molecule has 2 aromatic rings. The van der Waals surface area contributed by atoms with Crippen molar-refractivity contribution >= 4 is 5.91 Å². The van der Waals surface area contributed by atoms with Gasteiger partial charge in [0.1, 0.15) is 11.5 Å². The van der Waals surface area contributed by atoms with Gasteiger partial charge in [-0.25, -0.2) is 0 Å². The van der Waals surface area contributed by atoms with Gasteiger partial charge in [0.05, 0.1) is 25.8 Å². The summed E-state index contributed by atoms with van der Waals surface area (Å²) in [7, 11) is 3.17. The molecule has 0 aliphatic carbocycles. The Kier molecular flexibility index (Phi) is 4.51. The van der Waals surface area contributed by atoms with Gasteiger partial charge in [-0.3, -0.25) is 4.79 Å². The van der Waals surface area contributed by atoms with E-state index in [0.717, 1.165) is 19.4 Å². The normalized spacial score (nSPS) is 17.1. The highest BCUT2D eigenvalue weighted by Crippen LogP contribution is 2.35. The number of likely N-dealkylation sites (tertiary alicyclic amines) is 1. The average Bonchev–Trinajstić information content (AvgIpc) is 3.11. The Morgan fingerprint density at radius 1 is 1.09 bits per heavy atom. The molecule has 2 aromatic carbocycles. The second kappa shape index (κ2) is 6.73. The highest BCUT2D eigenvalue weighted by atomic mass is 16.5. The monoisotopic (exact) mass is 311 g/mol. The molecular formula is C19H21NO3. The molecule has 1 amide bonds. The van der Waals surface area contributed by atoms with Gasteiger partial charge in [0.15, 0.2) is 0 Å². The fourth-order valence-electron chi connectivity index (χ4n) is 3.16. The van der Waals surface area contributed by atoms with Crippen LogP contribution in [0.15, 0.2) is 48.5 Å². The molecule has 0 N–H and O–H groups in total. The maximum atomic E-state index is 13.0. The van der Waals surface area contributed by atoms with Gasteiger partial charge < -0.3 is 14.4 Å². The molecule has 1 unspecified atom stereocenters. The van der Waals surface area contributed by atoms with Crippen LogP contribution in [0.3, 0.4) is 0 Å². The van der Waals surface area contributed by atoms with Gasteiger partial charge in [-0.15, -0.1) is 0 Å². The van der Waals surface area contributed by atoms with Gasteiger partial charge in [0.2, 0.25) is 0 Å². The van der Waals surface area contributed by atoms with E-state index in [1.165, 1.54) is 5.56 Å². The van der Waals surface area contributed by atoms with Crippen LogP contribution >= 0.6 is 0 Å². The number of hydrogen-bond acceptors (Lipinski definition) is 3. The van der Waals surface area contributed by atoms with Gasteiger partial charge in [0, 0.05) is 12.6 Å². The molecule has 1 fully saturated rings. The Hall–Kier alpha value is -2.49. The third-order valence-electron chi connectivity index (χ3n) is 4.34. The molecule has 0 aromatic heterocycles. The molecule has 0 radical (unpaired) electrons. The van der Waals surface area contributed by atoms with Gasteiger partial charge in [-0.05, 0) is 30.5 Å². The van der Waals surface area contributed by atoms with Crippen LogP contribution in [-0.2, 0) is 0 Å². The van der Waals surface area contributed by atoms with Crippen molar-refractivity contribution in [2.45, 2.75) is 18.9 Å². The molecule has 1 atom stereocenters. The smallest absolute Gasteiger partial charge is 0.258 e. The van der Waals surface area contributed by atoms with E-state index in [4.69, 9.17) is 9.47 Å². The van der Waals surface area contributed by atoms with Gasteiger partial charge in [-0.1, -0.05) is 30.3 Å². The van der Waals surface area contributed by atoms with Crippen LogP contribution in [0.5, 0.6) is 11.5 Å². The summed E-state index contributed by atoms with van der Waals surface area (Å²) in [6.07, 6.45) is 2.01. The zero-order chi connectivity index (χ0) is 16.2. The summed E-state index contributed by atoms with van der Waals surface area (Å²) in [5, 5.41) is 0. The Morgan fingerprint density at radius 3 is 2.57 bits per heavy atom. The van der Waals surface area contributed by atoms with Crippen molar-refractivity contribution in [3.8, 4) is 11.5 Å². The predicted molar refractivity (Wildman–Crippen MR) is 89.0 cm³/mol. The maximum absolute atomic E-state index is 13.0. The summed E-state index contributed by atoms with van der Waals surface area (Å²) in [6.45, 7) is 0.771. The van der Waals surface area contributed by atoms with Crippen LogP contribution in [-0.4, -0.2) is 31.6 Å². The van der Waals surface area contributed by atoms with Crippen molar-refractivity contribution in [2.24, 2.45) is 0 Å². The average molecular weight is 311 g/mol. The van der Waals surface area contributed by atoms with Gasteiger partial charge >= 0.3 is 0 Å². The minimum atomic E-state index is 0.0101. The zero-order valence-electron chi connectivity index (χ0n) is 13.5. The Balaban J connectivity index is 1.90. The number of amides is 1. The first-order valence-corrected chi connectivity index (χ1v) is 7.82. The molecule has 1 heterocycles. The van der Waals surface area contributed by atoms with E-state index in [0.29, 0.717) is 17.1 Å². The second-order valence-corrected chi connectivity index (χ2v) is 5.63. The van der Waals surface area contributed by atoms with Crippen LogP contribution in [0.1, 0.15) is 34.8 Å². The van der Waals surface area contributed by atoms with Crippen LogP contribution in [0, 0.1) is 0 Å². The summed E-state index contributed by atoms with van der Waals surface area (Å²) in [5.74, 6) is 1.24. The highest BCUT2D eigenvalue weighted by Gasteiger charge is 2.31. The maximum Gasteiger partial charge on any atom is 0.258 e. The van der Waals surface area contributed by atoms with Crippen molar-refractivity contribution in [3.63, 3.8) is 0 Å². The van der Waals surface area contributed by atoms with Crippen LogP contribution in [0.2, 0.25) is 0 Å². The van der Waals surface area contributed by atoms with Crippen molar-refractivity contribution in [1.82, 2.24) is 4.90 Å². The molecule has 120 valence electrons. The lowest BCUT2D eigenvalue weighted by Gasteiger charge is -2.26. The second-order valence-electron chi connectivity index (χ2n) is 5.63. The number of carbonyl (C=O) groups is 1. The number of ether oxygens (including phenoxy) is 2. The Labute approximate surface area is 136 Å². The molecular weight excluding hydrogens is 290 g/mol. The third-order valence-corrected chi connectivity index (χ3v) is 4.34. The molecule has 4 heteroatoms. The molecule has 0 saturated carbocycles. The summed E-state index contributed by atoms with van der Waals surface area (Å²) in [4.78, 5) is 15.0. The van der Waals surface area contributed by atoms with E-state index in [1.54, 1.807) is 32.4 Å². The minimum absolute atomic E-state index is 0.0101. The summed E-state index contributed by atoms with van der Waals surface area (Å²) in [5.41, 5.74) is 1.77. The summed E-state index contributed by atoms with van der Waals surface area (Å²) < 4.78 is 10.6. The van der Waals surface area contributed by atoms with Crippen molar-refractivity contribution in [2.75, 3.05) is 20.8 Å². The lowest BCUT2D eigenvalue weighted by molar-refractivity contribution is 0.0732. The molecule has 1 saturated heterocycles. The number of methoxy groups -OCH3 is 2. The van der Waals surface area contributed by atoms with Crippen LogP contribution in [0.4, 0.5) is 0 Å². The van der Waals surface area contributed by atoms with E-state index in [2.05, 4.69) is 12.1 Å². The SMILES string of the molecule is COc1ccc(C(=O)N2CCCC2c2ccccc2)c(OC)c1. The number of nitrogens with zero attached hydrogens (tertiary/aromatic N) is 1.